The summed E-state index contributed by atoms with van der Waals surface area (Å²) in [5, 5.41) is 0. The van der Waals surface area contributed by atoms with Gasteiger partial charge in [0.05, 0.1) is 0 Å². The van der Waals surface area contributed by atoms with Gasteiger partial charge in [0.15, 0.2) is 5.58 Å². The lowest BCUT2D eigenvalue weighted by molar-refractivity contribution is 0.277. The molecular weight excluding hydrogens is 319 g/mol. The van der Waals surface area contributed by atoms with E-state index in [-0.39, 0.29) is 5.82 Å². The highest BCUT2D eigenvalue weighted by atomic mass is 19.1. The van der Waals surface area contributed by atoms with Gasteiger partial charge in [-0.15, -0.1) is 0 Å². The van der Waals surface area contributed by atoms with Crippen LogP contribution in [0, 0.1) is 11.7 Å². The van der Waals surface area contributed by atoms with Crippen LogP contribution in [0.15, 0.2) is 47.1 Å². The average Bonchev–Trinajstić information content (AvgIpc) is 3.19. The van der Waals surface area contributed by atoms with Gasteiger partial charge in [-0.25, -0.2) is 4.39 Å². The van der Waals surface area contributed by atoms with Crippen molar-refractivity contribution in [1.82, 2.24) is 14.9 Å². The molecule has 0 bridgehead atoms. The summed E-state index contributed by atoms with van der Waals surface area (Å²) >= 11 is 0. The number of rotatable bonds is 4. The third kappa shape index (κ3) is 3.09. The van der Waals surface area contributed by atoms with Crippen LogP contribution in [0.3, 0.4) is 0 Å². The van der Waals surface area contributed by atoms with Crippen LogP contribution < -0.4 is 4.90 Å². The van der Waals surface area contributed by atoms with E-state index in [2.05, 4.69) is 28.0 Å². The highest BCUT2D eigenvalue weighted by Crippen LogP contribution is 2.36. The van der Waals surface area contributed by atoms with E-state index in [0.717, 1.165) is 19.5 Å². The molecule has 0 spiro atoms. The SMILES string of the molecule is CN(C[C@@H]1CCN(C)[C@H]1c1cccnc1)c1nc2cc(F)ccc2o1. The van der Waals surface area contributed by atoms with Crippen LogP contribution in [0.5, 0.6) is 0 Å². The van der Waals surface area contributed by atoms with Crippen LogP contribution in [0.1, 0.15) is 18.0 Å². The fourth-order valence-corrected chi connectivity index (χ4v) is 3.78. The Hall–Kier alpha value is -2.47. The number of hydrogen-bond donors (Lipinski definition) is 0. The van der Waals surface area contributed by atoms with E-state index in [1.54, 1.807) is 12.3 Å². The minimum absolute atomic E-state index is 0.302. The minimum atomic E-state index is -0.302. The van der Waals surface area contributed by atoms with Gasteiger partial charge >= 0.3 is 0 Å². The lowest BCUT2D eigenvalue weighted by Gasteiger charge is -2.28. The van der Waals surface area contributed by atoms with Crippen LogP contribution in [-0.2, 0) is 0 Å². The summed E-state index contributed by atoms with van der Waals surface area (Å²) in [7, 11) is 4.12. The van der Waals surface area contributed by atoms with Crippen LogP contribution >= 0.6 is 0 Å². The first-order chi connectivity index (χ1) is 12.1. The average molecular weight is 340 g/mol. The number of benzene rings is 1. The molecule has 1 fully saturated rings. The highest BCUT2D eigenvalue weighted by molar-refractivity contribution is 5.74. The first-order valence-electron chi connectivity index (χ1n) is 8.49. The van der Waals surface area contributed by atoms with Crippen molar-refractivity contribution in [2.45, 2.75) is 12.5 Å². The summed E-state index contributed by atoms with van der Waals surface area (Å²) < 4.78 is 19.1. The molecule has 5 nitrogen and oxygen atoms in total. The maximum Gasteiger partial charge on any atom is 0.298 e. The first kappa shape index (κ1) is 16.0. The van der Waals surface area contributed by atoms with Gasteiger partial charge in [-0.2, -0.15) is 4.98 Å². The molecule has 4 rings (SSSR count). The van der Waals surface area contributed by atoms with E-state index in [9.17, 15) is 4.39 Å². The van der Waals surface area contributed by atoms with Crippen LogP contribution in [0.4, 0.5) is 10.4 Å². The quantitative estimate of drug-likeness (QED) is 0.727. The summed E-state index contributed by atoms with van der Waals surface area (Å²) in [4.78, 5) is 13.1. The van der Waals surface area contributed by atoms with Gasteiger partial charge in [0.25, 0.3) is 6.01 Å². The molecule has 0 unspecified atom stereocenters. The Labute approximate surface area is 146 Å². The maximum atomic E-state index is 13.3. The van der Waals surface area contributed by atoms with Gasteiger partial charge < -0.3 is 9.32 Å². The lowest BCUT2D eigenvalue weighted by atomic mass is 9.94. The second-order valence-electron chi connectivity index (χ2n) is 6.75. The molecule has 0 N–H and O–H groups in total. The zero-order valence-electron chi connectivity index (χ0n) is 14.4. The van der Waals surface area contributed by atoms with Crippen molar-refractivity contribution in [3.8, 4) is 0 Å². The van der Waals surface area contributed by atoms with Crippen molar-refractivity contribution in [2.75, 3.05) is 32.1 Å². The van der Waals surface area contributed by atoms with Gasteiger partial charge in [0, 0.05) is 38.1 Å². The third-order valence-corrected chi connectivity index (χ3v) is 4.97. The zero-order valence-corrected chi connectivity index (χ0v) is 14.4. The molecule has 3 heterocycles. The number of likely N-dealkylation sites (tertiary alicyclic amines) is 1. The number of aromatic nitrogens is 2. The van der Waals surface area contributed by atoms with E-state index in [4.69, 9.17) is 4.42 Å². The van der Waals surface area contributed by atoms with Crippen molar-refractivity contribution in [3.63, 3.8) is 0 Å². The minimum Gasteiger partial charge on any atom is -0.423 e. The van der Waals surface area contributed by atoms with Gasteiger partial charge in [-0.3, -0.25) is 9.88 Å². The van der Waals surface area contributed by atoms with Gasteiger partial charge in [0.1, 0.15) is 11.3 Å². The second kappa shape index (κ2) is 6.44. The Morgan fingerprint density at radius 1 is 1.36 bits per heavy atom. The fourth-order valence-electron chi connectivity index (χ4n) is 3.78. The number of nitrogens with zero attached hydrogens (tertiary/aromatic N) is 4. The summed E-state index contributed by atoms with van der Waals surface area (Å²) in [6.07, 6.45) is 4.86. The van der Waals surface area contributed by atoms with Crippen LogP contribution in [0.25, 0.3) is 11.1 Å². The maximum absolute atomic E-state index is 13.3. The summed E-state index contributed by atoms with van der Waals surface area (Å²) in [6, 6.07) is 9.39. The Bertz CT molecular complexity index is 866. The molecule has 3 aromatic rings. The van der Waals surface area contributed by atoms with Gasteiger partial charge in [-0.05, 0) is 49.7 Å². The second-order valence-corrected chi connectivity index (χ2v) is 6.75. The van der Waals surface area contributed by atoms with E-state index in [0.29, 0.717) is 29.1 Å². The van der Waals surface area contributed by atoms with Crippen molar-refractivity contribution in [3.05, 3.63) is 54.1 Å². The molecule has 25 heavy (non-hydrogen) atoms. The number of anilines is 1. The fraction of sp³-hybridized carbons (Fsp3) is 0.368. The Kier molecular flexibility index (Phi) is 4.13. The molecule has 2 aromatic heterocycles. The van der Waals surface area contributed by atoms with Crippen LogP contribution in [-0.4, -0.2) is 42.1 Å². The smallest absolute Gasteiger partial charge is 0.298 e. The Balaban J connectivity index is 1.55. The van der Waals surface area contributed by atoms with E-state index >= 15 is 0 Å². The number of hydrogen-bond acceptors (Lipinski definition) is 5. The molecule has 1 aromatic carbocycles. The predicted octanol–water partition coefficient (Wildman–Crippen LogP) is 3.49. The molecule has 130 valence electrons. The van der Waals surface area contributed by atoms with Crippen molar-refractivity contribution >= 4 is 17.1 Å². The zero-order chi connectivity index (χ0) is 17.4. The number of pyridine rings is 1. The highest BCUT2D eigenvalue weighted by Gasteiger charge is 2.34. The Morgan fingerprint density at radius 2 is 2.24 bits per heavy atom. The largest absolute Gasteiger partial charge is 0.423 e. The number of oxazole rings is 1. The van der Waals surface area contributed by atoms with E-state index < -0.39 is 0 Å². The normalized spacial score (nSPS) is 21.1. The standard InChI is InChI=1S/C19H21FN4O/c1-23-9-7-14(18(23)13-4-3-8-21-11-13)12-24(2)19-22-16-10-15(20)5-6-17(16)25-19/h3-6,8,10-11,14,18H,7,9,12H2,1-2H3/t14-,18-/m0/s1. The summed E-state index contributed by atoms with van der Waals surface area (Å²) in [5.41, 5.74) is 2.39. The lowest BCUT2D eigenvalue weighted by Crippen LogP contribution is -2.30. The molecule has 0 amide bonds. The van der Waals surface area contributed by atoms with E-state index in [1.807, 2.05) is 24.2 Å². The monoisotopic (exact) mass is 340 g/mol. The molecule has 0 saturated carbocycles. The van der Waals surface area contributed by atoms with Gasteiger partial charge in [0.2, 0.25) is 0 Å². The number of fused-ring (bicyclic) bond motifs is 1. The van der Waals surface area contributed by atoms with Crippen LogP contribution in [0.2, 0.25) is 0 Å². The molecule has 0 radical (unpaired) electrons. The molecule has 1 saturated heterocycles. The molecular formula is C19H21FN4O. The van der Waals surface area contributed by atoms with Gasteiger partial charge in [-0.1, -0.05) is 6.07 Å². The first-order valence-corrected chi connectivity index (χ1v) is 8.49. The molecule has 2 atom stereocenters. The molecule has 1 aliphatic rings. The van der Waals surface area contributed by atoms with E-state index in [1.165, 1.54) is 17.7 Å². The molecule has 0 aliphatic carbocycles. The molecule has 1 aliphatic heterocycles. The van der Waals surface area contributed by atoms with Crippen molar-refractivity contribution < 1.29 is 8.81 Å². The topological polar surface area (TPSA) is 45.4 Å². The predicted molar refractivity (Wildman–Crippen MR) is 95.0 cm³/mol. The third-order valence-electron chi connectivity index (χ3n) is 4.97. The Morgan fingerprint density at radius 3 is 3.04 bits per heavy atom. The molecule has 6 heteroatoms. The van der Waals surface area contributed by atoms with Crippen molar-refractivity contribution in [2.24, 2.45) is 5.92 Å². The summed E-state index contributed by atoms with van der Waals surface area (Å²) in [5.74, 6) is 0.148. The number of halogens is 1. The van der Waals surface area contributed by atoms with Crippen molar-refractivity contribution in [1.29, 1.82) is 0 Å². The summed E-state index contributed by atoms with van der Waals surface area (Å²) in [6.45, 7) is 1.87.